The van der Waals surface area contributed by atoms with Gasteiger partial charge in [-0.25, -0.2) is 0 Å². The molecule has 144 valence electrons. The summed E-state index contributed by atoms with van der Waals surface area (Å²) in [6.07, 6.45) is -3.60. The van der Waals surface area contributed by atoms with Crippen LogP contribution in [0.25, 0.3) is 0 Å². The molecule has 15 nitrogen and oxygen atoms in total. The number of carboxylic acids is 3. The standard InChI is InChI=1S/3C2H5O5P.3Cs/c3*3-2(4)1-8(5,6)7;;;/h3*1H2,(H,3,4)(H2,5,6,7);;;/q;;;3*+1/p-3. The second-order valence-corrected chi connectivity index (χ2v) is 8.52. The normalized spacial score (nSPS) is 10.0. The molecule has 0 radical (unpaired) electrons. The zero-order chi connectivity index (χ0) is 20.4. The minimum atomic E-state index is -4.38. The van der Waals surface area contributed by atoms with Crippen LogP contribution in [0.3, 0.4) is 0 Å². The first-order chi connectivity index (χ1) is 10.2. The molecule has 0 aromatic heterocycles. The van der Waals surface area contributed by atoms with Gasteiger partial charge >= 0.3 is 229 Å². The quantitative estimate of drug-likeness (QED) is 0.136. The van der Waals surface area contributed by atoms with Crippen LogP contribution >= 0.6 is 22.8 Å². The molecular weight excluding hydrogens is 804 g/mol. The van der Waals surface area contributed by atoms with E-state index in [4.69, 9.17) is 29.4 Å². The number of hydrogen-bond acceptors (Lipinski definition) is 9. The predicted molar refractivity (Wildman–Crippen MR) is 65.8 cm³/mol. The Morgan fingerprint density at radius 1 is 0.519 bits per heavy atom. The number of carbonyl (C=O) groups excluding carboxylic acids is 3. The van der Waals surface area contributed by atoms with Gasteiger partial charge in [-0.2, -0.15) is 0 Å². The molecule has 0 aromatic carbocycles. The Bertz CT molecular complexity index is 495. The molecule has 0 heterocycles. The summed E-state index contributed by atoms with van der Waals surface area (Å²) in [5, 5.41) is 28.2. The van der Waals surface area contributed by atoms with Crippen LogP contribution in [0.2, 0.25) is 0 Å². The number of carboxylic acid groups (broad SMARTS) is 3. The first kappa shape index (κ1) is 45.5. The van der Waals surface area contributed by atoms with Gasteiger partial charge in [-0.3, -0.25) is 13.7 Å². The van der Waals surface area contributed by atoms with Crippen molar-refractivity contribution < 1.29 is 279 Å². The fraction of sp³-hybridized carbons (Fsp3) is 0.500. The summed E-state index contributed by atoms with van der Waals surface area (Å²) in [6.45, 7) is 0. The Kier molecular flexibility index (Phi) is 38.4. The first-order valence-corrected chi connectivity index (χ1v) is 10.4. The van der Waals surface area contributed by atoms with E-state index in [2.05, 4.69) is 0 Å². The fourth-order valence-corrected chi connectivity index (χ4v) is 1.51. The number of carbonyl (C=O) groups is 3. The Labute approximate surface area is 329 Å². The van der Waals surface area contributed by atoms with E-state index in [0.717, 1.165) is 0 Å². The molecule has 21 heteroatoms. The van der Waals surface area contributed by atoms with Gasteiger partial charge in [-0.15, -0.1) is 0 Å². The van der Waals surface area contributed by atoms with Gasteiger partial charge in [0, 0.05) is 0 Å². The predicted octanol–water partition coefficient (Wildman–Crippen LogP) is -15.2. The fourth-order valence-electron chi connectivity index (χ4n) is 0.505. The van der Waals surface area contributed by atoms with Gasteiger partial charge in [0.15, 0.2) is 0 Å². The molecule has 0 aliphatic heterocycles. The molecule has 0 unspecified atom stereocenters. The third-order valence-corrected chi connectivity index (χ3v) is 3.02. The monoisotopic (exact) mass is 816 g/mol. The van der Waals surface area contributed by atoms with E-state index in [-0.39, 0.29) is 207 Å². The van der Waals surface area contributed by atoms with Crippen molar-refractivity contribution in [2.24, 2.45) is 0 Å². The molecular formula is C6H12Cs3O15P3. The Balaban J connectivity index is -0.0000000580. The first-order valence-electron chi connectivity index (χ1n) is 4.98. The van der Waals surface area contributed by atoms with Crippen molar-refractivity contribution in [3.8, 4) is 0 Å². The number of aliphatic carboxylic acids is 3. The van der Waals surface area contributed by atoms with E-state index >= 15 is 0 Å². The maximum atomic E-state index is 9.72. The topological polar surface area (TPSA) is 293 Å². The maximum Gasteiger partial charge on any atom is 1.00 e. The molecule has 0 bridgehead atoms. The van der Waals surface area contributed by atoms with Crippen LogP contribution < -0.4 is 222 Å². The molecule has 0 aliphatic rings. The van der Waals surface area contributed by atoms with Crippen LogP contribution in [0.4, 0.5) is 0 Å². The second kappa shape index (κ2) is 22.8. The van der Waals surface area contributed by atoms with Crippen molar-refractivity contribution in [1.29, 1.82) is 0 Å². The van der Waals surface area contributed by atoms with Gasteiger partial charge in [-0.05, 0) is 0 Å². The Morgan fingerprint density at radius 2 is 0.630 bits per heavy atom. The van der Waals surface area contributed by atoms with Gasteiger partial charge in [0.2, 0.25) is 0 Å². The molecule has 0 rings (SSSR count). The van der Waals surface area contributed by atoms with Crippen molar-refractivity contribution in [3.05, 3.63) is 0 Å². The summed E-state index contributed by atoms with van der Waals surface area (Å²) >= 11 is 0. The number of hydrogen-bond donors (Lipinski definition) is 6. The molecule has 0 atom stereocenters. The molecule has 0 spiro atoms. The van der Waals surface area contributed by atoms with E-state index in [1.165, 1.54) is 0 Å². The third kappa shape index (κ3) is 65.2. The largest absolute Gasteiger partial charge is 1.00 e. The van der Waals surface area contributed by atoms with Crippen LogP contribution in [0.15, 0.2) is 0 Å². The van der Waals surface area contributed by atoms with E-state index in [1.807, 2.05) is 0 Å². The molecule has 0 aliphatic carbocycles. The van der Waals surface area contributed by atoms with Crippen molar-refractivity contribution in [1.82, 2.24) is 0 Å². The van der Waals surface area contributed by atoms with Gasteiger partial charge in [-0.1, -0.05) is 0 Å². The van der Waals surface area contributed by atoms with E-state index in [1.54, 1.807) is 0 Å². The van der Waals surface area contributed by atoms with Crippen molar-refractivity contribution in [2.75, 3.05) is 18.5 Å². The van der Waals surface area contributed by atoms with Crippen LogP contribution in [-0.2, 0) is 28.1 Å². The molecule has 0 saturated heterocycles. The molecule has 0 aromatic rings. The van der Waals surface area contributed by atoms with E-state index in [0.29, 0.717) is 0 Å². The van der Waals surface area contributed by atoms with Crippen LogP contribution in [0.5, 0.6) is 0 Å². The minimum absolute atomic E-state index is 0. The van der Waals surface area contributed by atoms with Crippen molar-refractivity contribution >= 4 is 40.7 Å². The Hall–Kier alpha value is 5.02. The smallest absolute Gasteiger partial charge is 0.549 e. The second-order valence-electron chi connectivity index (χ2n) is 3.58. The summed E-state index contributed by atoms with van der Waals surface area (Å²) < 4.78 is 29.1. The zero-order valence-corrected chi connectivity index (χ0v) is 35.8. The summed E-state index contributed by atoms with van der Waals surface area (Å²) in [7, 11) is -13.2. The van der Waals surface area contributed by atoms with Crippen molar-refractivity contribution in [2.45, 2.75) is 0 Å². The molecule has 0 amide bonds. The summed E-state index contributed by atoms with van der Waals surface area (Å²) in [4.78, 5) is 75.5. The SMILES string of the molecule is O=C([O-])CP(=O)(O)O.O=C([O-])CP(=O)(O)O.O=C([O-])CP(=O)(O)O.[Cs+].[Cs+].[Cs+]. The van der Waals surface area contributed by atoms with Crippen LogP contribution in [0.1, 0.15) is 0 Å². The maximum absolute atomic E-state index is 9.72. The minimum Gasteiger partial charge on any atom is -0.549 e. The average molecular weight is 816 g/mol. The molecule has 6 N–H and O–H groups in total. The van der Waals surface area contributed by atoms with Gasteiger partial charge in [0.05, 0.1) is 36.4 Å². The van der Waals surface area contributed by atoms with Crippen LogP contribution in [-0.4, -0.2) is 65.8 Å². The Morgan fingerprint density at radius 3 is 0.630 bits per heavy atom. The van der Waals surface area contributed by atoms with Crippen molar-refractivity contribution in [3.63, 3.8) is 0 Å². The van der Waals surface area contributed by atoms with E-state index < -0.39 is 59.2 Å². The summed E-state index contributed by atoms with van der Waals surface area (Å²) in [5.41, 5.74) is 0. The van der Waals surface area contributed by atoms with Gasteiger partial charge < -0.3 is 59.1 Å². The van der Waals surface area contributed by atoms with E-state index in [9.17, 15) is 43.4 Å². The van der Waals surface area contributed by atoms with Crippen LogP contribution in [0, 0.1) is 0 Å². The molecule has 0 saturated carbocycles. The summed E-state index contributed by atoms with van der Waals surface area (Å²) in [6, 6.07) is 0. The summed E-state index contributed by atoms with van der Waals surface area (Å²) in [5.74, 6) is -5.21. The molecule has 27 heavy (non-hydrogen) atoms. The van der Waals surface area contributed by atoms with Gasteiger partial charge in [0.25, 0.3) is 0 Å². The molecule has 0 fully saturated rings. The average Bonchev–Trinajstić information content (AvgIpc) is 2.04. The van der Waals surface area contributed by atoms with Gasteiger partial charge in [0.1, 0.15) is 0 Å². The number of rotatable bonds is 6. The third-order valence-electron chi connectivity index (χ3n) is 1.01. The zero-order valence-electron chi connectivity index (χ0n) is 14.3.